The molecule has 0 radical (unpaired) electrons. The first-order valence-electron chi connectivity index (χ1n) is 15.5. The fourth-order valence-corrected chi connectivity index (χ4v) is 7.31. The Kier molecular flexibility index (Phi) is 8.86. The lowest BCUT2D eigenvalue weighted by molar-refractivity contribution is -0.106. The molecule has 1 aromatic heterocycles. The smallest absolute Gasteiger partial charge is 0.410 e. The number of ether oxygens (including phenoxy) is 3. The highest BCUT2D eigenvalue weighted by molar-refractivity contribution is 5.69. The molecule has 3 atom stereocenters. The Hall–Kier alpha value is -2.44. The van der Waals surface area contributed by atoms with Crippen molar-refractivity contribution in [2.45, 2.75) is 121 Å². The number of rotatable bonds is 8. The molecular formula is C34H48N2O4. The number of benzene rings is 1. The number of aromatic nitrogens is 1. The molecule has 1 saturated carbocycles. The van der Waals surface area contributed by atoms with Crippen molar-refractivity contribution in [1.29, 1.82) is 0 Å². The maximum absolute atomic E-state index is 13.9. The van der Waals surface area contributed by atoms with E-state index in [0.717, 1.165) is 70.3 Å². The van der Waals surface area contributed by atoms with Crippen molar-refractivity contribution < 1.29 is 19.0 Å². The molecule has 5 rings (SSSR count). The Bertz CT molecular complexity index is 1120. The Morgan fingerprint density at radius 2 is 1.80 bits per heavy atom. The van der Waals surface area contributed by atoms with Crippen LogP contribution in [0.4, 0.5) is 4.79 Å². The van der Waals surface area contributed by atoms with Gasteiger partial charge in [0.25, 0.3) is 0 Å². The van der Waals surface area contributed by atoms with Gasteiger partial charge in [-0.05, 0) is 95.4 Å². The van der Waals surface area contributed by atoms with Gasteiger partial charge in [0.2, 0.25) is 0 Å². The van der Waals surface area contributed by atoms with Gasteiger partial charge in [0.1, 0.15) is 5.60 Å². The van der Waals surface area contributed by atoms with E-state index < -0.39 is 5.60 Å². The minimum Gasteiger partial charge on any atom is -0.444 e. The van der Waals surface area contributed by atoms with Gasteiger partial charge in [-0.3, -0.25) is 4.98 Å². The zero-order valence-corrected chi connectivity index (χ0v) is 25.0. The monoisotopic (exact) mass is 548 g/mol. The van der Waals surface area contributed by atoms with E-state index in [4.69, 9.17) is 19.2 Å². The first-order valence-corrected chi connectivity index (χ1v) is 15.5. The molecule has 3 aliphatic rings. The van der Waals surface area contributed by atoms with E-state index in [1.54, 1.807) is 0 Å². The van der Waals surface area contributed by atoms with Gasteiger partial charge in [-0.1, -0.05) is 50.1 Å². The van der Waals surface area contributed by atoms with Crippen molar-refractivity contribution in [2.24, 2.45) is 0 Å². The summed E-state index contributed by atoms with van der Waals surface area (Å²) in [7, 11) is 0. The predicted molar refractivity (Wildman–Crippen MR) is 157 cm³/mol. The van der Waals surface area contributed by atoms with Gasteiger partial charge in [0.15, 0.2) is 0 Å². The molecule has 2 aliphatic carbocycles. The molecule has 0 unspecified atom stereocenters. The highest BCUT2D eigenvalue weighted by Gasteiger charge is 2.49. The average Bonchev–Trinajstić information content (AvgIpc) is 3.39. The van der Waals surface area contributed by atoms with E-state index in [1.807, 2.05) is 37.9 Å². The summed E-state index contributed by atoms with van der Waals surface area (Å²) in [5.74, 6) is 0. The molecule has 6 heteroatoms. The van der Waals surface area contributed by atoms with Crippen molar-refractivity contribution in [3.8, 4) is 0 Å². The van der Waals surface area contributed by atoms with Crippen LogP contribution in [0.15, 0.2) is 48.7 Å². The fourth-order valence-electron chi connectivity index (χ4n) is 7.31. The van der Waals surface area contributed by atoms with Crippen molar-refractivity contribution in [3.05, 3.63) is 65.5 Å². The molecule has 2 aromatic rings. The maximum Gasteiger partial charge on any atom is 0.410 e. The molecule has 1 spiro atoms. The van der Waals surface area contributed by atoms with E-state index >= 15 is 0 Å². The molecule has 2 heterocycles. The largest absolute Gasteiger partial charge is 0.444 e. The van der Waals surface area contributed by atoms with E-state index in [9.17, 15) is 4.79 Å². The van der Waals surface area contributed by atoms with Crippen molar-refractivity contribution >= 4 is 6.09 Å². The third-order valence-electron chi connectivity index (χ3n) is 9.14. The van der Waals surface area contributed by atoms with Crippen LogP contribution in [0.1, 0.15) is 121 Å². The minimum atomic E-state index is -0.568. The number of hydrogen-bond acceptors (Lipinski definition) is 5. The zero-order chi connectivity index (χ0) is 28.2. The SMILES string of the molecule is CCCO[C@H]1CC[C@H](N(CC[C@@]2(c3ccccn3)CCOC3(CCCC3)C2)C(=O)OC(C)(C)C)c2ccccc21. The van der Waals surface area contributed by atoms with E-state index in [-0.39, 0.29) is 29.3 Å². The van der Waals surface area contributed by atoms with Gasteiger partial charge < -0.3 is 19.1 Å². The van der Waals surface area contributed by atoms with Crippen LogP contribution in [0.5, 0.6) is 0 Å². The maximum atomic E-state index is 13.9. The number of nitrogens with zero attached hydrogens (tertiary/aromatic N) is 2. The quantitative estimate of drug-likeness (QED) is 0.334. The van der Waals surface area contributed by atoms with Crippen molar-refractivity contribution in [3.63, 3.8) is 0 Å². The second-order valence-electron chi connectivity index (χ2n) is 13.2. The number of carbonyl (C=O) groups is 1. The van der Waals surface area contributed by atoms with Gasteiger partial charge >= 0.3 is 6.09 Å². The van der Waals surface area contributed by atoms with Crippen LogP contribution in [0.25, 0.3) is 0 Å². The molecule has 1 amide bonds. The first-order chi connectivity index (χ1) is 19.2. The highest BCUT2D eigenvalue weighted by atomic mass is 16.6. The molecule has 6 nitrogen and oxygen atoms in total. The molecule has 0 N–H and O–H groups in total. The average molecular weight is 549 g/mol. The second kappa shape index (κ2) is 12.2. The predicted octanol–water partition coefficient (Wildman–Crippen LogP) is 8.07. The summed E-state index contributed by atoms with van der Waals surface area (Å²) in [4.78, 5) is 20.8. The zero-order valence-electron chi connectivity index (χ0n) is 25.0. The van der Waals surface area contributed by atoms with Gasteiger partial charge in [-0.15, -0.1) is 0 Å². The number of carbonyl (C=O) groups excluding carboxylic acids is 1. The van der Waals surface area contributed by atoms with Crippen molar-refractivity contribution in [2.75, 3.05) is 19.8 Å². The molecular weight excluding hydrogens is 500 g/mol. The van der Waals surface area contributed by atoms with Crippen LogP contribution in [0.3, 0.4) is 0 Å². The lowest BCUT2D eigenvalue weighted by atomic mass is 9.67. The first kappa shape index (κ1) is 29.1. The summed E-state index contributed by atoms with van der Waals surface area (Å²) >= 11 is 0. The Balaban J connectivity index is 1.47. The lowest BCUT2D eigenvalue weighted by Gasteiger charge is -2.47. The molecule has 218 valence electrons. The highest BCUT2D eigenvalue weighted by Crippen LogP contribution is 2.50. The van der Waals surface area contributed by atoms with E-state index in [0.29, 0.717) is 6.54 Å². The summed E-state index contributed by atoms with van der Waals surface area (Å²) in [5.41, 5.74) is 2.76. The Labute approximate surface area is 240 Å². The Morgan fingerprint density at radius 1 is 1.05 bits per heavy atom. The molecule has 0 bridgehead atoms. The summed E-state index contributed by atoms with van der Waals surface area (Å²) in [6.07, 6.45) is 11.9. The minimum absolute atomic E-state index is 0.0476. The molecule has 1 saturated heterocycles. The number of hydrogen-bond donors (Lipinski definition) is 0. The summed E-state index contributed by atoms with van der Waals surface area (Å²) in [6.45, 7) is 10.1. The van der Waals surface area contributed by atoms with Crippen LogP contribution in [0.2, 0.25) is 0 Å². The van der Waals surface area contributed by atoms with Crippen LogP contribution in [-0.4, -0.2) is 46.9 Å². The van der Waals surface area contributed by atoms with Crippen molar-refractivity contribution in [1.82, 2.24) is 9.88 Å². The van der Waals surface area contributed by atoms with E-state index in [1.165, 1.54) is 24.0 Å². The van der Waals surface area contributed by atoms with Crippen LogP contribution in [-0.2, 0) is 19.6 Å². The summed E-state index contributed by atoms with van der Waals surface area (Å²) in [5, 5.41) is 0. The molecule has 40 heavy (non-hydrogen) atoms. The third kappa shape index (κ3) is 6.38. The molecule has 2 fully saturated rings. The molecule has 1 aliphatic heterocycles. The normalized spacial score (nSPS) is 25.9. The van der Waals surface area contributed by atoms with Crippen LogP contribution in [0, 0.1) is 0 Å². The summed E-state index contributed by atoms with van der Waals surface area (Å²) in [6, 6.07) is 14.7. The van der Waals surface area contributed by atoms with Gasteiger partial charge in [0.05, 0.1) is 17.7 Å². The summed E-state index contributed by atoms with van der Waals surface area (Å²) < 4.78 is 18.8. The second-order valence-corrected chi connectivity index (χ2v) is 13.2. The molecule has 1 aromatic carbocycles. The van der Waals surface area contributed by atoms with Gasteiger partial charge in [-0.25, -0.2) is 4.79 Å². The van der Waals surface area contributed by atoms with E-state index in [2.05, 4.69) is 43.3 Å². The number of amides is 1. The Morgan fingerprint density at radius 3 is 2.50 bits per heavy atom. The van der Waals surface area contributed by atoms with Gasteiger partial charge in [-0.2, -0.15) is 0 Å². The number of fused-ring (bicyclic) bond motifs is 1. The van der Waals surface area contributed by atoms with Crippen LogP contribution < -0.4 is 0 Å². The lowest BCUT2D eigenvalue weighted by Crippen LogP contribution is -2.49. The number of pyridine rings is 1. The van der Waals surface area contributed by atoms with Crippen LogP contribution >= 0.6 is 0 Å². The standard InChI is InChI=1S/C34H48N2O4/c1-5-23-38-29-16-15-28(26-12-6-7-13-27(26)29)36(31(37)40-32(2,3)4)22-19-33(30-14-8-11-21-35-30)20-24-39-34(25-33)17-9-10-18-34/h6-8,11-14,21,28-29H,5,9-10,15-20,22-25H2,1-4H3/t28-,29-,33+/m0/s1. The third-order valence-corrected chi connectivity index (χ3v) is 9.14. The fraction of sp³-hybridized carbons (Fsp3) is 0.647. The van der Waals surface area contributed by atoms with Gasteiger partial charge in [0, 0.05) is 37.1 Å². The topological polar surface area (TPSA) is 60.9 Å².